The number of amides is 3. The Labute approximate surface area is 410 Å². The molecule has 0 bridgehead atoms. The van der Waals surface area contributed by atoms with Gasteiger partial charge in [-0.15, -0.1) is 32.9 Å². The number of nitrogens with zero attached hydrogens (tertiary/aromatic N) is 7. The third-order valence-corrected chi connectivity index (χ3v) is 15.0. The molecule has 5 heterocycles. The van der Waals surface area contributed by atoms with Gasteiger partial charge in [-0.05, 0) is 80.0 Å². The number of fused-ring (bicyclic) bond motifs is 3. The Kier molecular flexibility index (Phi) is 14.3. The van der Waals surface area contributed by atoms with Crippen molar-refractivity contribution in [3.63, 3.8) is 0 Å². The highest BCUT2D eigenvalue weighted by atomic mass is 32.1. The Morgan fingerprint density at radius 3 is 2.32 bits per heavy atom. The van der Waals surface area contributed by atoms with E-state index >= 15 is 0 Å². The summed E-state index contributed by atoms with van der Waals surface area (Å²) in [6.45, 7) is 15.5. The van der Waals surface area contributed by atoms with Crippen LogP contribution in [0.5, 0.6) is 5.75 Å². The maximum Gasteiger partial charge on any atom is 0.258 e. The highest BCUT2D eigenvalue weighted by Gasteiger charge is 2.45. The number of rotatable bonds is 14. The molecular weight excluding hydrogens is 911 g/mol. The van der Waals surface area contributed by atoms with E-state index in [9.17, 15) is 24.8 Å². The summed E-state index contributed by atoms with van der Waals surface area (Å²) in [5.41, 5.74) is 9.80. The summed E-state index contributed by atoms with van der Waals surface area (Å²) in [5.74, 6) is 0.324. The van der Waals surface area contributed by atoms with Crippen molar-refractivity contribution >= 4 is 46.1 Å². The molecule has 69 heavy (non-hydrogen) atoms. The van der Waals surface area contributed by atoms with Gasteiger partial charge in [0, 0.05) is 49.1 Å². The number of carbonyl (C=O) groups excluding carboxylic acids is 3. The van der Waals surface area contributed by atoms with Crippen molar-refractivity contribution in [2.75, 3.05) is 26.9 Å². The lowest BCUT2D eigenvalue weighted by molar-refractivity contribution is -0.144. The molecule has 0 saturated carbocycles. The fraction of sp³-hybridized carbons (Fsp3) is 0.385. The summed E-state index contributed by atoms with van der Waals surface area (Å²) in [4.78, 5) is 54.9. The Balaban J connectivity index is 0.930. The topological polar surface area (TPSA) is 197 Å². The number of thiazole rings is 1. The molecule has 0 radical (unpaired) electrons. The number of methoxy groups -OCH3 is 1. The average molecular weight is 968 g/mol. The van der Waals surface area contributed by atoms with Gasteiger partial charge in [0.2, 0.25) is 11.8 Å². The van der Waals surface area contributed by atoms with Gasteiger partial charge in [-0.2, -0.15) is 5.26 Å². The molecule has 3 aromatic heterocycles. The van der Waals surface area contributed by atoms with Crippen molar-refractivity contribution in [1.29, 1.82) is 5.26 Å². The zero-order chi connectivity index (χ0) is 49.3. The van der Waals surface area contributed by atoms with Crippen molar-refractivity contribution in [1.82, 2.24) is 35.3 Å². The number of β-amino-alcohol motifs (C(OH)–C–C–N with tert-alkyl or cyclic N) is 1. The van der Waals surface area contributed by atoms with Crippen molar-refractivity contribution in [2.24, 2.45) is 10.4 Å². The lowest BCUT2D eigenvalue weighted by Gasteiger charge is -2.35. The Morgan fingerprint density at radius 1 is 0.957 bits per heavy atom. The number of aliphatic hydroxyl groups excluding tert-OH is 1. The van der Waals surface area contributed by atoms with Crippen LogP contribution in [0.4, 0.5) is 0 Å². The predicted molar refractivity (Wildman–Crippen MR) is 267 cm³/mol. The van der Waals surface area contributed by atoms with Crippen LogP contribution in [0.15, 0.2) is 77.2 Å². The molecule has 2 aliphatic rings. The predicted octanol–water partition coefficient (Wildman–Crippen LogP) is 7.90. The number of hydrogen-bond donors (Lipinski definition) is 3. The molecule has 2 aliphatic heterocycles. The molecule has 3 amide bonds. The number of likely N-dealkylation sites (tertiary alicyclic amines) is 1. The smallest absolute Gasteiger partial charge is 0.258 e. The van der Waals surface area contributed by atoms with Gasteiger partial charge in [-0.25, -0.2) is 4.98 Å². The first kappa shape index (κ1) is 48.9. The van der Waals surface area contributed by atoms with Crippen LogP contribution in [0.2, 0.25) is 0 Å². The van der Waals surface area contributed by atoms with E-state index in [0.29, 0.717) is 13.0 Å². The van der Waals surface area contributed by atoms with E-state index in [0.717, 1.165) is 71.9 Å². The second kappa shape index (κ2) is 20.2. The SMILES string of the molecule is COCC[C@@H]1N=C(c2ccc(-c3ccc(OCC(=O)NC(C(=O)N4C[C@H](O)C[C@H]4C(=O)N[C@@H](C)c4ccc(-c5scnc5C)cc4)C(C)(C)C)c(C#N)c3)cc2)c2c(sc(C)c2C)-n2c(C)nnc21. The van der Waals surface area contributed by atoms with Crippen molar-refractivity contribution in [3.05, 3.63) is 122 Å². The van der Waals surface area contributed by atoms with Crippen molar-refractivity contribution in [2.45, 2.75) is 98.5 Å². The minimum atomic E-state index is -1.06. The minimum absolute atomic E-state index is 0.0584. The van der Waals surface area contributed by atoms with Gasteiger partial charge in [0.1, 0.15) is 40.8 Å². The molecule has 5 atom stereocenters. The highest BCUT2D eigenvalue weighted by Crippen LogP contribution is 2.40. The zero-order valence-corrected chi connectivity index (χ0v) is 41.9. The largest absolute Gasteiger partial charge is 0.482 e. The highest BCUT2D eigenvalue weighted by molar-refractivity contribution is 7.15. The van der Waals surface area contributed by atoms with Gasteiger partial charge in [-0.1, -0.05) is 75.4 Å². The molecular formula is C52H57N9O6S2. The quantitative estimate of drug-likeness (QED) is 0.0965. The third kappa shape index (κ3) is 10.1. The van der Waals surface area contributed by atoms with E-state index in [-0.39, 0.29) is 36.4 Å². The van der Waals surface area contributed by atoms with Gasteiger partial charge >= 0.3 is 0 Å². The summed E-state index contributed by atoms with van der Waals surface area (Å²) in [7, 11) is 1.68. The van der Waals surface area contributed by atoms with Crippen LogP contribution < -0.4 is 15.4 Å². The summed E-state index contributed by atoms with van der Waals surface area (Å²) >= 11 is 3.27. The van der Waals surface area contributed by atoms with Crippen LogP contribution in [-0.2, 0) is 19.1 Å². The Morgan fingerprint density at radius 2 is 1.65 bits per heavy atom. The number of aromatic nitrogens is 4. The van der Waals surface area contributed by atoms with Gasteiger partial charge in [0.05, 0.1) is 39.5 Å². The number of aliphatic hydroxyl groups is 1. The van der Waals surface area contributed by atoms with Crippen molar-refractivity contribution < 1.29 is 29.0 Å². The van der Waals surface area contributed by atoms with Crippen LogP contribution in [0.1, 0.15) is 103 Å². The Hall–Kier alpha value is -6.58. The first-order chi connectivity index (χ1) is 33.0. The zero-order valence-electron chi connectivity index (χ0n) is 40.3. The summed E-state index contributed by atoms with van der Waals surface area (Å²) in [6.07, 6.45) is -0.217. The number of benzene rings is 3. The summed E-state index contributed by atoms with van der Waals surface area (Å²) < 4.78 is 13.5. The summed E-state index contributed by atoms with van der Waals surface area (Å²) in [5, 5.41) is 36.8. The molecule has 1 saturated heterocycles. The standard InChI is InChI=1S/C52H57N9O6S2/c1-28-31(4)69-51-44(28)45(56-40(20-21-66-9)48-59-58-32(5)61(48)51)35-14-12-34(13-15-35)37-18-19-42(38(22-37)24-53)67-26-43(63)57-47(52(6,7)8)50(65)60-25-39(62)23-41(60)49(64)55-29(2)33-10-16-36(17-11-33)46-30(3)54-27-68-46/h10-19,22,27,29,39-41,47,62H,20-21,23,25-26H2,1-9H3,(H,55,64)(H,57,63)/t29-,39+,40-,41-,47?/m0/s1. The molecule has 17 heteroatoms. The molecule has 15 nitrogen and oxygen atoms in total. The number of thiophene rings is 1. The van der Waals surface area contributed by atoms with E-state index in [4.69, 9.17) is 14.5 Å². The van der Waals surface area contributed by atoms with Crippen LogP contribution in [-0.4, -0.2) is 98.2 Å². The number of carbonyl (C=O) groups is 3. The van der Waals surface area contributed by atoms with Gasteiger partial charge in [-0.3, -0.25) is 23.9 Å². The molecule has 3 aromatic carbocycles. The average Bonchev–Trinajstić information content (AvgIpc) is 4.10. The third-order valence-electron chi connectivity index (χ3n) is 12.8. The fourth-order valence-corrected chi connectivity index (χ4v) is 10.9. The number of ether oxygens (including phenoxy) is 2. The number of aliphatic imine (C=N–C) groups is 1. The maximum absolute atomic E-state index is 14.3. The van der Waals surface area contributed by atoms with Crippen LogP contribution in [0, 0.1) is 44.4 Å². The molecule has 8 rings (SSSR count). The van der Waals surface area contributed by atoms with E-state index < -0.39 is 47.9 Å². The van der Waals surface area contributed by atoms with Crippen LogP contribution in [0.25, 0.3) is 26.6 Å². The van der Waals surface area contributed by atoms with Crippen molar-refractivity contribution in [3.8, 4) is 38.4 Å². The molecule has 3 N–H and O–H groups in total. The molecule has 0 aliphatic carbocycles. The van der Waals surface area contributed by atoms with E-state index in [1.54, 1.807) is 41.9 Å². The molecule has 1 unspecified atom stereocenters. The fourth-order valence-electron chi connectivity index (χ4n) is 8.92. The minimum Gasteiger partial charge on any atom is -0.482 e. The second-order valence-corrected chi connectivity index (χ2v) is 20.8. The Bertz CT molecular complexity index is 2960. The van der Waals surface area contributed by atoms with Gasteiger partial charge in [0.25, 0.3) is 5.91 Å². The number of aryl methyl sites for hydroxylation is 3. The number of hydrogen-bond acceptors (Lipinski definition) is 13. The number of nitrogens with one attached hydrogen (secondary N) is 2. The first-order valence-corrected chi connectivity index (χ1v) is 24.6. The van der Waals surface area contributed by atoms with Crippen LogP contribution >= 0.6 is 22.7 Å². The molecule has 1 fully saturated rings. The first-order valence-electron chi connectivity index (χ1n) is 22.9. The van der Waals surface area contributed by atoms with Crippen LogP contribution in [0.3, 0.4) is 0 Å². The summed E-state index contributed by atoms with van der Waals surface area (Å²) in [6, 6.07) is 20.7. The van der Waals surface area contributed by atoms with E-state index in [2.05, 4.69) is 50.3 Å². The number of nitriles is 1. The van der Waals surface area contributed by atoms with Gasteiger partial charge in [0.15, 0.2) is 12.4 Å². The van der Waals surface area contributed by atoms with E-state index in [1.165, 1.54) is 9.78 Å². The van der Waals surface area contributed by atoms with Gasteiger partial charge < -0.3 is 30.1 Å². The normalized spacial score (nSPS) is 17.5. The maximum atomic E-state index is 14.3. The molecule has 6 aromatic rings. The molecule has 0 spiro atoms. The monoisotopic (exact) mass is 967 g/mol. The lowest BCUT2D eigenvalue weighted by atomic mass is 9.85. The van der Waals surface area contributed by atoms with E-state index in [1.807, 2.05) is 102 Å². The molecule has 358 valence electrons. The second-order valence-electron chi connectivity index (χ2n) is 18.7. The lowest BCUT2D eigenvalue weighted by Crippen LogP contribution is -2.58.